The number of benzene rings is 1. The average Bonchev–Trinajstić information content (AvgIpc) is 2.40. The Morgan fingerprint density at radius 3 is 2.40 bits per heavy atom. The molecule has 4 N–H and O–H groups in total. The largest absolute Gasteiger partial charge is 0.504 e. The van der Waals surface area contributed by atoms with Crippen molar-refractivity contribution in [1.82, 2.24) is 5.32 Å². The number of aliphatic carboxylic acids is 1. The summed E-state index contributed by atoms with van der Waals surface area (Å²) >= 11 is 0. The van der Waals surface area contributed by atoms with Crippen LogP contribution in [-0.4, -0.2) is 33.2 Å². The van der Waals surface area contributed by atoms with Gasteiger partial charge in [-0.25, -0.2) is 4.79 Å². The monoisotopic (exact) mass is 281 g/mol. The highest BCUT2D eigenvalue weighted by molar-refractivity contribution is 5.84. The van der Waals surface area contributed by atoms with Crippen molar-refractivity contribution in [1.29, 1.82) is 0 Å². The van der Waals surface area contributed by atoms with Gasteiger partial charge >= 0.3 is 5.97 Å². The lowest BCUT2D eigenvalue weighted by Gasteiger charge is -2.17. The van der Waals surface area contributed by atoms with Crippen LogP contribution in [0.5, 0.6) is 11.5 Å². The van der Waals surface area contributed by atoms with Crippen LogP contribution in [0, 0.1) is 5.92 Å². The quantitative estimate of drug-likeness (QED) is 0.587. The van der Waals surface area contributed by atoms with Crippen molar-refractivity contribution < 1.29 is 24.9 Å². The summed E-state index contributed by atoms with van der Waals surface area (Å²) in [5, 5.41) is 30.2. The molecule has 1 unspecified atom stereocenters. The van der Waals surface area contributed by atoms with E-state index >= 15 is 0 Å². The number of carboxylic acids is 1. The molecule has 2 atom stereocenters. The van der Waals surface area contributed by atoms with Crippen LogP contribution in [0.25, 0.3) is 0 Å². The van der Waals surface area contributed by atoms with Gasteiger partial charge in [-0.1, -0.05) is 19.9 Å². The van der Waals surface area contributed by atoms with Gasteiger partial charge in [0.25, 0.3) is 0 Å². The van der Waals surface area contributed by atoms with Crippen LogP contribution in [0.1, 0.15) is 25.8 Å². The van der Waals surface area contributed by atoms with Gasteiger partial charge in [-0.3, -0.25) is 4.79 Å². The highest BCUT2D eigenvalue weighted by Gasteiger charge is 2.22. The van der Waals surface area contributed by atoms with Gasteiger partial charge in [0, 0.05) is 12.3 Å². The normalized spacial score (nSPS) is 13.5. The summed E-state index contributed by atoms with van der Waals surface area (Å²) in [6.07, 6.45) is 0.656. The van der Waals surface area contributed by atoms with Crippen molar-refractivity contribution in [3.8, 4) is 11.5 Å². The highest BCUT2D eigenvalue weighted by Crippen LogP contribution is 2.25. The standard InChI is InChI=1S/C14H19NO5/c1-3-8(2)13(18)15-10(14(19)20)6-9-4-5-11(16)12(17)7-9/h4-5,7-8,10,16-17H,3,6H2,1-2H3,(H,15,18)(H,19,20)/t8?,10-/m0/s1. The Kier molecular flexibility index (Phi) is 5.37. The zero-order valence-corrected chi connectivity index (χ0v) is 11.5. The molecule has 0 spiro atoms. The van der Waals surface area contributed by atoms with E-state index in [-0.39, 0.29) is 29.7 Å². The minimum Gasteiger partial charge on any atom is -0.504 e. The van der Waals surface area contributed by atoms with Gasteiger partial charge in [0.15, 0.2) is 11.5 Å². The molecule has 0 fully saturated rings. The first-order valence-corrected chi connectivity index (χ1v) is 6.39. The van der Waals surface area contributed by atoms with Crippen LogP contribution >= 0.6 is 0 Å². The van der Waals surface area contributed by atoms with Gasteiger partial charge in [0.1, 0.15) is 6.04 Å². The van der Waals surface area contributed by atoms with E-state index in [4.69, 9.17) is 5.11 Å². The maximum absolute atomic E-state index is 11.7. The van der Waals surface area contributed by atoms with E-state index in [0.717, 1.165) is 0 Å². The van der Waals surface area contributed by atoms with Crippen LogP contribution in [0.2, 0.25) is 0 Å². The molecule has 6 heteroatoms. The summed E-state index contributed by atoms with van der Waals surface area (Å²) < 4.78 is 0. The number of nitrogens with one attached hydrogen (secondary N) is 1. The van der Waals surface area contributed by atoms with Crippen LogP contribution < -0.4 is 5.32 Å². The van der Waals surface area contributed by atoms with E-state index in [1.165, 1.54) is 18.2 Å². The third kappa shape index (κ3) is 4.15. The number of hydrogen-bond donors (Lipinski definition) is 4. The Bertz CT molecular complexity index is 500. The number of rotatable bonds is 6. The molecule has 1 amide bonds. The topological polar surface area (TPSA) is 107 Å². The van der Waals surface area contributed by atoms with Crippen molar-refractivity contribution in [3.63, 3.8) is 0 Å². The third-order valence-corrected chi connectivity index (χ3v) is 3.15. The molecule has 110 valence electrons. The second-order valence-corrected chi connectivity index (χ2v) is 4.74. The zero-order chi connectivity index (χ0) is 15.3. The summed E-state index contributed by atoms with van der Waals surface area (Å²) in [6.45, 7) is 3.57. The minimum atomic E-state index is -1.14. The van der Waals surface area contributed by atoms with Crippen molar-refractivity contribution in [2.45, 2.75) is 32.7 Å². The summed E-state index contributed by atoms with van der Waals surface area (Å²) in [5.41, 5.74) is 0.511. The second-order valence-electron chi connectivity index (χ2n) is 4.74. The Labute approximate surface area is 117 Å². The van der Waals surface area contributed by atoms with E-state index in [2.05, 4.69) is 5.32 Å². The second kappa shape index (κ2) is 6.79. The average molecular weight is 281 g/mol. The van der Waals surface area contributed by atoms with Gasteiger partial charge in [-0.2, -0.15) is 0 Å². The number of phenolic OH excluding ortho intramolecular Hbond substituents is 2. The van der Waals surface area contributed by atoms with E-state index in [1.807, 2.05) is 6.92 Å². The van der Waals surface area contributed by atoms with Crippen molar-refractivity contribution in [2.24, 2.45) is 5.92 Å². The lowest BCUT2D eigenvalue weighted by atomic mass is 10.0. The van der Waals surface area contributed by atoms with Gasteiger partial charge in [0.2, 0.25) is 5.91 Å². The molecule has 0 saturated carbocycles. The Morgan fingerprint density at radius 1 is 1.25 bits per heavy atom. The van der Waals surface area contributed by atoms with Crippen LogP contribution in [-0.2, 0) is 16.0 Å². The molecule has 0 aliphatic carbocycles. The summed E-state index contributed by atoms with van der Waals surface area (Å²) in [4.78, 5) is 22.9. The van der Waals surface area contributed by atoms with Crippen LogP contribution in [0.4, 0.5) is 0 Å². The van der Waals surface area contributed by atoms with Crippen molar-refractivity contribution in [2.75, 3.05) is 0 Å². The molecular formula is C14H19NO5. The molecular weight excluding hydrogens is 262 g/mol. The first kappa shape index (κ1) is 15.8. The lowest BCUT2D eigenvalue weighted by Crippen LogP contribution is -2.44. The Hall–Kier alpha value is -2.24. The maximum Gasteiger partial charge on any atom is 0.326 e. The smallest absolute Gasteiger partial charge is 0.326 e. The Morgan fingerprint density at radius 2 is 1.90 bits per heavy atom. The van der Waals surface area contributed by atoms with Crippen LogP contribution in [0.15, 0.2) is 18.2 Å². The molecule has 1 aromatic carbocycles. The fourth-order valence-corrected chi connectivity index (χ4v) is 1.63. The molecule has 20 heavy (non-hydrogen) atoms. The minimum absolute atomic E-state index is 0.0331. The SMILES string of the molecule is CCC(C)C(=O)N[C@@H](Cc1ccc(O)c(O)c1)C(=O)O. The van der Waals surface area contributed by atoms with E-state index in [0.29, 0.717) is 12.0 Å². The van der Waals surface area contributed by atoms with Crippen molar-refractivity contribution in [3.05, 3.63) is 23.8 Å². The summed E-state index contributed by atoms with van der Waals surface area (Å²) in [7, 11) is 0. The molecule has 0 bridgehead atoms. The number of aromatic hydroxyl groups is 2. The predicted octanol–water partition coefficient (Wildman–Crippen LogP) is 1.26. The number of carbonyl (C=O) groups is 2. The maximum atomic E-state index is 11.7. The van der Waals surface area contributed by atoms with E-state index < -0.39 is 12.0 Å². The fraction of sp³-hybridized carbons (Fsp3) is 0.429. The van der Waals surface area contributed by atoms with Gasteiger partial charge in [-0.15, -0.1) is 0 Å². The molecule has 0 aliphatic heterocycles. The van der Waals surface area contributed by atoms with Crippen LogP contribution in [0.3, 0.4) is 0 Å². The molecule has 0 radical (unpaired) electrons. The van der Waals surface area contributed by atoms with Gasteiger partial charge < -0.3 is 20.6 Å². The first-order valence-electron chi connectivity index (χ1n) is 6.39. The van der Waals surface area contributed by atoms with Gasteiger partial charge in [0.05, 0.1) is 0 Å². The van der Waals surface area contributed by atoms with Gasteiger partial charge in [-0.05, 0) is 24.1 Å². The molecule has 1 aromatic rings. The predicted molar refractivity (Wildman–Crippen MR) is 72.5 cm³/mol. The summed E-state index contributed by atoms with van der Waals surface area (Å²) in [6, 6.07) is 2.99. The Balaban J connectivity index is 2.79. The summed E-state index contributed by atoms with van der Waals surface area (Å²) in [5.74, 6) is -2.31. The number of hydrogen-bond acceptors (Lipinski definition) is 4. The highest BCUT2D eigenvalue weighted by atomic mass is 16.4. The third-order valence-electron chi connectivity index (χ3n) is 3.15. The fourth-order valence-electron chi connectivity index (χ4n) is 1.63. The zero-order valence-electron chi connectivity index (χ0n) is 11.5. The van der Waals surface area contributed by atoms with Crippen molar-refractivity contribution >= 4 is 11.9 Å². The molecule has 6 nitrogen and oxygen atoms in total. The van der Waals surface area contributed by atoms with E-state index in [9.17, 15) is 19.8 Å². The molecule has 0 aliphatic rings. The number of carbonyl (C=O) groups excluding carboxylic acids is 1. The van der Waals surface area contributed by atoms with E-state index in [1.54, 1.807) is 6.92 Å². The first-order chi connectivity index (χ1) is 9.35. The molecule has 0 heterocycles. The molecule has 1 rings (SSSR count). The molecule has 0 saturated heterocycles. The number of carboxylic acid groups (broad SMARTS) is 1. The molecule has 0 aromatic heterocycles. The number of amides is 1. The lowest BCUT2D eigenvalue weighted by molar-refractivity contribution is -0.142. The number of phenols is 2.